The van der Waals surface area contributed by atoms with Crippen molar-refractivity contribution in [3.05, 3.63) is 82.4 Å². The van der Waals surface area contributed by atoms with Gasteiger partial charge in [0.2, 0.25) is 5.91 Å². The molecule has 37 heavy (non-hydrogen) atoms. The van der Waals surface area contributed by atoms with Gasteiger partial charge in [-0.2, -0.15) is 18.3 Å². The first kappa shape index (κ1) is 28.3. The van der Waals surface area contributed by atoms with E-state index in [1.165, 1.54) is 19.1 Å². The van der Waals surface area contributed by atoms with E-state index >= 15 is 0 Å². The van der Waals surface area contributed by atoms with Crippen molar-refractivity contribution in [1.29, 1.82) is 0 Å². The van der Waals surface area contributed by atoms with Gasteiger partial charge in [-0.3, -0.25) is 4.79 Å². The van der Waals surface area contributed by atoms with Crippen LogP contribution in [-0.4, -0.2) is 30.4 Å². The van der Waals surface area contributed by atoms with Crippen molar-refractivity contribution < 1.29 is 30.8 Å². The van der Waals surface area contributed by atoms with Gasteiger partial charge in [0.05, 0.1) is 23.8 Å². The molecule has 0 saturated carbocycles. The largest absolute Gasteiger partial charge is 0.435 e. The molecule has 3 rings (SSSR count). The third-order valence-electron chi connectivity index (χ3n) is 5.98. The van der Waals surface area contributed by atoms with Crippen molar-refractivity contribution >= 4 is 15.7 Å². The number of hydrogen-bond donors (Lipinski definition) is 2. The number of aromatic nitrogens is 2. The Labute approximate surface area is 212 Å². The molecule has 0 radical (unpaired) electrons. The molecule has 200 valence electrons. The number of rotatable bonds is 8. The molecule has 0 bridgehead atoms. The molecule has 2 aromatic carbocycles. The van der Waals surface area contributed by atoms with Crippen molar-refractivity contribution in [2.24, 2.45) is 5.73 Å². The Balaban J connectivity index is 1.84. The van der Waals surface area contributed by atoms with Crippen LogP contribution >= 0.6 is 0 Å². The molecule has 12 heteroatoms. The van der Waals surface area contributed by atoms with Crippen molar-refractivity contribution in [1.82, 2.24) is 15.1 Å². The lowest BCUT2D eigenvalue weighted by molar-refractivity contribution is -0.141. The Morgan fingerprint density at radius 2 is 1.76 bits per heavy atom. The van der Waals surface area contributed by atoms with E-state index < -0.39 is 44.7 Å². The minimum absolute atomic E-state index is 0.106. The molecule has 0 fully saturated rings. The van der Waals surface area contributed by atoms with Crippen LogP contribution in [0.15, 0.2) is 48.5 Å². The molecule has 3 N–H and O–H groups in total. The number of nitrogens with zero attached hydrogens (tertiary/aromatic N) is 2. The van der Waals surface area contributed by atoms with Gasteiger partial charge in [-0.1, -0.05) is 38.1 Å². The highest BCUT2D eigenvalue weighted by atomic mass is 32.2. The molecule has 0 spiro atoms. The summed E-state index contributed by atoms with van der Waals surface area (Å²) in [5.41, 5.74) is 5.94. The zero-order chi connectivity index (χ0) is 27.7. The van der Waals surface area contributed by atoms with Crippen LogP contribution in [0.5, 0.6) is 0 Å². The highest BCUT2D eigenvalue weighted by molar-refractivity contribution is 7.90. The van der Waals surface area contributed by atoms with E-state index in [0.29, 0.717) is 5.69 Å². The predicted molar refractivity (Wildman–Crippen MR) is 131 cm³/mol. The molecule has 1 amide bonds. The van der Waals surface area contributed by atoms with Gasteiger partial charge in [0.1, 0.15) is 11.2 Å². The maximum atomic E-state index is 14.6. The molecule has 0 aliphatic heterocycles. The van der Waals surface area contributed by atoms with Gasteiger partial charge in [-0.05, 0) is 48.2 Å². The Morgan fingerprint density at radius 1 is 1.08 bits per heavy atom. The Kier molecular flexibility index (Phi) is 8.13. The smallest absolute Gasteiger partial charge is 0.350 e. The molecule has 0 saturated heterocycles. The lowest BCUT2D eigenvalue weighted by atomic mass is 9.98. The van der Waals surface area contributed by atoms with Gasteiger partial charge in [0.25, 0.3) is 0 Å². The van der Waals surface area contributed by atoms with Crippen molar-refractivity contribution in [2.45, 2.75) is 50.7 Å². The molecule has 1 aromatic heterocycles. The number of hydrogen-bond acceptors (Lipinski definition) is 5. The van der Waals surface area contributed by atoms with E-state index in [-0.39, 0.29) is 29.3 Å². The van der Waals surface area contributed by atoms with E-state index in [1.54, 1.807) is 18.2 Å². The summed E-state index contributed by atoms with van der Waals surface area (Å²) >= 11 is 0. The molecule has 2 atom stereocenters. The maximum Gasteiger partial charge on any atom is 0.435 e. The molecule has 0 aliphatic carbocycles. The van der Waals surface area contributed by atoms with Crippen LogP contribution in [0.2, 0.25) is 0 Å². The second kappa shape index (κ2) is 10.6. The molecule has 2 unspecified atom stereocenters. The normalized spacial score (nSPS) is 14.0. The van der Waals surface area contributed by atoms with Gasteiger partial charge in [0, 0.05) is 11.8 Å². The van der Waals surface area contributed by atoms with E-state index in [9.17, 15) is 30.8 Å². The van der Waals surface area contributed by atoms with Crippen LogP contribution in [0.4, 0.5) is 17.6 Å². The van der Waals surface area contributed by atoms with Crippen LogP contribution in [0, 0.1) is 5.82 Å². The number of nitrogens with one attached hydrogen (secondary N) is 1. The fourth-order valence-electron chi connectivity index (χ4n) is 3.68. The molecule has 7 nitrogen and oxygen atoms in total. The van der Waals surface area contributed by atoms with Crippen LogP contribution in [-0.2, 0) is 27.4 Å². The summed E-state index contributed by atoms with van der Waals surface area (Å²) in [4.78, 5) is 12.8. The zero-order valence-electron chi connectivity index (χ0n) is 20.7. The first-order valence-electron chi connectivity index (χ1n) is 11.4. The number of benzene rings is 2. The first-order valence-corrected chi connectivity index (χ1v) is 13.3. The Bertz CT molecular complexity index is 1400. The number of sulfone groups is 1. The molecule has 3 aromatic rings. The number of carbonyl (C=O) groups is 1. The third-order valence-corrected chi connectivity index (χ3v) is 7.16. The Hall–Kier alpha value is -3.25. The summed E-state index contributed by atoms with van der Waals surface area (Å²) in [6.45, 7) is 5.13. The summed E-state index contributed by atoms with van der Waals surface area (Å²) < 4.78 is 79.2. The van der Waals surface area contributed by atoms with Crippen LogP contribution in [0.25, 0.3) is 5.69 Å². The maximum absolute atomic E-state index is 14.6. The highest BCUT2D eigenvalue weighted by Crippen LogP contribution is 2.30. The van der Waals surface area contributed by atoms with Gasteiger partial charge < -0.3 is 11.1 Å². The topological polar surface area (TPSA) is 107 Å². The predicted octanol–water partition coefficient (Wildman–Crippen LogP) is 4.58. The van der Waals surface area contributed by atoms with E-state index in [1.807, 2.05) is 19.9 Å². The lowest BCUT2D eigenvalue weighted by Gasteiger charge is -2.16. The number of nitrogens with two attached hydrogens (primary N) is 1. The van der Waals surface area contributed by atoms with Gasteiger partial charge in [-0.25, -0.2) is 17.5 Å². The van der Waals surface area contributed by atoms with E-state index in [2.05, 4.69) is 10.4 Å². The molecular formula is C25H28F4N4O3S. The van der Waals surface area contributed by atoms with Gasteiger partial charge in [-0.15, -0.1) is 0 Å². The van der Waals surface area contributed by atoms with Crippen LogP contribution in [0.3, 0.4) is 0 Å². The SMILES string of the molecule is CC(C)c1cccc(-n2nc(C(F)(F)F)cc2CNC(=O)C(C)c2ccc(C(N)S(C)(=O)=O)c(F)c2)c1. The number of amides is 1. The van der Waals surface area contributed by atoms with Crippen LogP contribution in [0.1, 0.15) is 66.1 Å². The van der Waals surface area contributed by atoms with Gasteiger partial charge in [0.15, 0.2) is 15.5 Å². The molecular weight excluding hydrogens is 512 g/mol. The first-order chi connectivity index (χ1) is 17.1. The lowest BCUT2D eigenvalue weighted by Crippen LogP contribution is -2.28. The number of halogens is 4. The fourth-order valence-corrected chi connectivity index (χ4v) is 4.33. The number of alkyl halides is 3. The minimum Gasteiger partial charge on any atom is -0.350 e. The van der Waals surface area contributed by atoms with Crippen molar-refractivity contribution in [3.63, 3.8) is 0 Å². The fraction of sp³-hybridized carbons (Fsp3) is 0.360. The van der Waals surface area contributed by atoms with Gasteiger partial charge >= 0.3 is 6.18 Å². The summed E-state index contributed by atoms with van der Waals surface area (Å²) in [6.07, 6.45) is -3.80. The molecule has 1 heterocycles. The minimum atomic E-state index is -4.68. The van der Waals surface area contributed by atoms with E-state index in [4.69, 9.17) is 5.73 Å². The average Bonchev–Trinajstić information content (AvgIpc) is 3.26. The summed E-state index contributed by atoms with van der Waals surface area (Å²) in [5, 5.41) is 4.75. The summed E-state index contributed by atoms with van der Waals surface area (Å²) in [6, 6.07) is 11.4. The van der Waals surface area contributed by atoms with E-state index in [0.717, 1.165) is 28.6 Å². The second-order valence-electron chi connectivity index (χ2n) is 9.15. The third kappa shape index (κ3) is 6.55. The monoisotopic (exact) mass is 540 g/mol. The zero-order valence-corrected chi connectivity index (χ0v) is 21.5. The van der Waals surface area contributed by atoms with Crippen molar-refractivity contribution in [3.8, 4) is 5.69 Å². The second-order valence-corrected chi connectivity index (χ2v) is 11.3. The summed E-state index contributed by atoms with van der Waals surface area (Å²) in [7, 11) is -3.74. The van der Waals surface area contributed by atoms with Crippen molar-refractivity contribution in [2.75, 3.05) is 6.26 Å². The highest BCUT2D eigenvalue weighted by Gasteiger charge is 2.35. The van der Waals surface area contributed by atoms with Crippen LogP contribution < -0.4 is 11.1 Å². The number of carbonyl (C=O) groups excluding carboxylic acids is 1. The quantitative estimate of drug-likeness (QED) is 0.407. The summed E-state index contributed by atoms with van der Waals surface area (Å²) in [5.74, 6) is -2.20. The standard InChI is InChI=1S/C25H28F4N4O3S/c1-14(2)16-6-5-7-18(10-16)33-19(12-22(32-33)25(27,28)29)13-31-24(34)15(3)17-8-9-20(21(26)11-17)23(30)37(4,35)36/h5-12,14-15,23H,13,30H2,1-4H3,(H,31,34). The molecule has 0 aliphatic rings. The average molecular weight is 541 g/mol. The Morgan fingerprint density at radius 3 is 2.32 bits per heavy atom.